The molecule has 0 radical (unpaired) electrons. The van der Waals surface area contributed by atoms with Crippen LogP contribution in [-0.2, 0) is 0 Å². The molecule has 1 saturated heterocycles. The van der Waals surface area contributed by atoms with E-state index < -0.39 is 0 Å². The fourth-order valence-corrected chi connectivity index (χ4v) is 2.34. The van der Waals surface area contributed by atoms with Gasteiger partial charge in [0.05, 0.1) is 0 Å². The van der Waals surface area contributed by atoms with Gasteiger partial charge in [0.25, 0.3) is 0 Å². The molecule has 1 aromatic heterocycles. The minimum atomic E-state index is 1.13. The van der Waals surface area contributed by atoms with Gasteiger partial charge in [0.1, 0.15) is 5.82 Å². The minimum absolute atomic E-state index is 1.13. The smallest absolute Gasteiger partial charge is 0.128 e. The van der Waals surface area contributed by atoms with E-state index >= 15 is 0 Å². The van der Waals surface area contributed by atoms with Crippen molar-refractivity contribution in [2.24, 2.45) is 0 Å². The number of hydrogen-bond donors (Lipinski definition) is 0. The van der Waals surface area contributed by atoms with Gasteiger partial charge in [0.2, 0.25) is 0 Å². The Morgan fingerprint density at radius 3 is 2.40 bits per heavy atom. The zero-order valence-electron chi connectivity index (χ0n) is 9.86. The average molecular weight is 224 g/mol. The SMILES string of the molecule is CC.Cc1ccc(N2CCSCC2)nc1. The lowest BCUT2D eigenvalue weighted by Crippen LogP contribution is -2.32. The topological polar surface area (TPSA) is 16.1 Å². The van der Waals surface area contributed by atoms with Gasteiger partial charge in [-0.1, -0.05) is 19.9 Å². The summed E-state index contributed by atoms with van der Waals surface area (Å²) >= 11 is 2.03. The third-order valence-corrected chi connectivity index (χ3v) is 3.17. The van der Waals surface area contributed by atoms with Gasteiger partial charge in [-0.15, -0.1) is 0 Å². The normalized spacial score (nSPS) is 15.5. The van der Waals surface area contributed by atoms with Gasteiger partial charge in [-0.2, -0.15) is 11.8 Å². The Hall–Kier alpha value is -0.700. The standard InChI is InChI=1S/C10H14N2S.C2H6/c1-9-2-3-10(11-8-9)12-4-6-13-7-5-12;1-2/h2-3,8H,4-7H2,1H3;1-2H3. The maximum Gasteiger partial charge on any atom is 0.128 e. The molecule has 1 aromatic rings. The third kappa shape index (κ3) is 3.74. The van der Waals surface area contributed by atoms with Crippen molar-refractivity contribution in [1.29, 1.82) is 0 Å². The molecule has 0 spiro atoms. The molecule has 0 amide bonds. The van der Waals surface area contributed by atoms with Crippen LogP contribution >= 0.6 is 11.8 Å². The highest BCUT2D eigenvalue weighted by Gasteiger charge is 2.11. The van der Waals surface area contributed by atoms with E-state index in [1.165, 1.54) is 17.1 Å². The Labute approximate surface area is 97.1 Å². The molecule has 3 heteroatoms. The molecule has 2 heterocycles. The second-order valence-electron chi connectivity index (χ2n) is 3.29. The van der Waals surface area contributed by atoms with E-state index in [0.717, 1.165) is 18.9 Å². The van der Waals surface area contributed by atoms with Crippen LogP contribution in [0.25, 0.3) is 0 Å². The van der Waals surface area contributed by atoms with E-state index in [0.29, 0.717) is 0 Å². The van der Waals surface area contributed by atoms with Crippen molar-refractivity contribution < 1.29 is 0 Å². The number of anilines is 1. The fourth-order valence-electron chi connectivity index (χ4n) is 1.44. The molecular weight excluding hydrogens is 204 g/mol. The molecule has 0 aromatic carbocycles. The van der Waals surface area contributed by atoms with Crippen molar-refractivity contribution in [1.82, 2.24) is 4.98 Å². The molecule has 15 heavy (non-hydrogen) atoms. The Kier molecular flexibility index (Phi) is 5.54. The summed E-state index contributed by atoms with van der Waals surface area (Å²) in [5.74, 6) is 3.59. The summed E-state index contributed by atoms with van der Waals surface area (Å²) in [6.07, 6.45) is 1.94. The molecule has 1 fully saturated rings. The van der Waals surface area contributed by atoms with Crippen LogP contribution in [0.1, 0.15) is 19.4 Å². The van der Waals surface area contributed by atoms with Crippen LogP contribution < -0.4 is 4.90 Å². The molecule has 0 saturated carbocycles. The lowest BCUT2D eigenvalue weighted by atomic mass is 10.3. The highest BCUT2D eigenvalue weighted by Crippen LogP contribution is 2.16. The highest BCUT2D eigenvalue weighted by atomic mass is 32.2. The van der Waals surface area contributed by atoms with E-state index in [9.17, 15) is 0 Å². The number of hydrogen-bond acceptors (Lipinski definition) is 3. The first-order chi connectivity index (χ1) is 7.36. The summed E-state index contributed by atoms with van der Waals surface area (Å²) in [6, 6.07) is 4.25. The van der Waals surface area contributed by atoms with Gasteiger partial charge < -0.3 is 4.90 Å². The predicted molar refractivity (Wildman–Crippen MR) is 69.9 cm³/mol. The Morgan fingerprint density at radius 1 is 1.20 bits per heavy atom. The van der Waals surface area contributed by atoms with E-state index in [-0.39, 0.29) is 0 Å². The van der Waals surface area contributed by atoms with Crippen LogP contribution in [0.3, 0.4) is 0 Å². The first-order valence-corrected chi connectivity index (χ1v) is 6.77. The first kappa shape index (κ1) is 12.4. The van der Waals surface area contributed by atoms with Gasteiger partial charge >= 0.3 is 0 Å². The molecule has 0 bridgehead atoms. The van der Waals surface area contributed by atoms with Crippen molar-refractivity contribution in [3.63, 3.8) is 0 Å². The van der Waals surface area contributed by atoms with Crippen molar-refractivity contribution >= 4 is 17.6 Å². The Morgan fingerprint density at radius 2 is 1.87 bits per heavy atom. The Bertz CT molecular complexity index is 265. The predicted octanol–water partition coefficient (Wildman–Crippen LogP) is 2.97. The van der Waals surface area contributed by atoms with Crippen molar-refractivity contribution in [2.45, 2.75) is 20.8 Å². The third-order valence-electron chi connectivity index (χ3n) is 2.23. The van der Waals surface area contributed by atoms with Crippen LogP contribution in [0, 0.1) is 6.92 Å². The molecule has 0 unspecified atom stereocenters. The van der Waals surface area contributed by atoms with Gasteiger partial charge in [0.15, 0.2) is 0 Å². The molecule has 0 atom stereocenters. The molecule has 1 aliphatic heterocycles. The lowest BCUT2D eigenvalue weighted by Gasteiger charge is -2.27. The largest absolute Gasteiger partial charge is 0.355 e. The second kappa shape index (κ2) is 6.72. The quantitative estimate of drug-likeness (QED) is 0.729. The highest BCUT2D eigenvalue weighted by molar-refractivity contribution is 7.99. The molecule has 2 nitrogen and oxygen atoms in total. The zero-order valence-corrected chi connectivity index (χ0v) is 10.7. The van der Waals surface area contributed by atoms with E-state index in [1.807, 2.05) is 31.8 Å². The molecule has 2 rings (SSSR count). The second-order valence-corrected chi connectivity index (χ2v) is 4.52. The fraction of sp³-hybridized carbons (Fsp3) is 0.583. The van der Waals surface area contributed by atoms with Gasteiger partial charge in [-0.3, -0.25) is 0 Å². The van der Waals surface area contributed by atoms with Crippen molar-refractivity contribution in [3.8, 4) is 0 Å². The molecular formula is C12H20N2S. The summed E-state index contributed by atoms with van der Waals surface area (Å²) in [5, 5.41) is 0. The maximum absolute atomic E-state index is 4.42. The average Bonchev–Trinajstić information content (AvgIpc) is 2.34. The lowest BCUT2D eigenvalue weighted by molar-refractivity contribution is 0.838. The van der Waals surface area contributed by atoms with Gasteiger partial charge in [0, 0.05) is 30.8 Å². The zero-order chi connectivity index (χ0) is 11.1. The minimum Gasteiger partial charge on any atom is -0.355 e. The summed E-state index contributed by atoms with van der Waals surface area (Å²) in [7, 11) is 0. The van der Waals surface area contributed by atoms with Gasteiger partial charge in [-0.05, 0) is 18.6 Å². The number of nitrogens with zero attached hydrogens (tertiary/aromatic N) is 2. The molecule has 84 valence electrons. The number of aryl methyl sites for hydroxylation is 1. The van der Waals surface area contributed by atoms with E-state index in [4.69, 9.17) is 0 Å². The van der Waals surface area contributed by atoms with Crippen LogP contribution in [0.4, 0.5) is 5.82 Å². The monoisotopic (exact) mass is 224 g/mol. The Balaban J connectivity index is 0.000000531. The molecule has 0 N–H and O–H groups in total. The number of aromatic nitrogens is 1. The summed E-state index contributed by atoms with van der Waals surface area (Å²) in [4.78, 5) is 6.78. The number of pyridine rings is 1. The van der Waals surface area contributed by atoms with Gasteiger partial charge in [-0.25, -0.2) is 4.98 Å². The number of rotatable bonds is 1. The summed E-state index contributed by atoms with van der Waals surface area (Å²) in [6.45, 7) is 8.35. The van der Waals surface area contributed by atoms with E-state index in [2.05, 4.69) is 28.9 Å². The van der Waals surface area contributed by atoms with Crippen LogP contribution in [0.5, 0.6) is 0 Å². The molecule has 0 aliphatic carbocycles. The van der Waals surface area contributed by atoms with Crippen LogP contribution in [-0.4, -0.2) is 29.6 Å². The van der Waals surface area contributed by atoms with Crippen molar-refractivity contribution in [3.05, 3.63) is 23.9 Å². The number of thioether (sulfide) groups is 1. The van der Waals surface area contributed by atoms with Crippen LogP contribution in [0.15, 0.2) is 18.3 Å². The van der Waals surface area contributed by atoms with Crippen LogP contribution in [0.2, 0.25) is 0 Å². The first-order valence-electron chi connectivity index (χ1n) is 5.61. The van der Waals surface area contributed by atoms with Crippen molar-refractivity contribution in [2.75, 3.05) is 29.5 Å². The molecule has 1 aliphatic rings. The van der Waals surface area contributed by atoms with E-state index in [1.54, 1.807) is 0 Å². The maximum atomic E-state index is 4.42. The summed E-state index contributed by atoms with van der Waals surface area (Å²) < 4.78 is 0. The summed E-state index contributed by atoms with van der Waals surface area (Å²) in [5.41, 5.74) is 1.23.